The molecule has 1 atom stereocenters. The van der Waals surface area contributed by atoms with Crippen molar-refractivity contribution in [1.29, 1.82) is 0 Å². The van der Waals surface area contributed by atoms with Crippen molar-refractivity contribution in [3.63, 3.8) is 0 Å². The minimum absolute atomic E-state index is 0.0867. The number of nitrogens with zero attached hydrogens (tertiary/aromatic N) is 2. The third-order valence-electron chi connectivity index (χ3n) is 4.05. The lowest BCUT2D eigenvalue weighted by atomic mass is 9.87. The van der Waals surface area contributed by atoms with E-state index in [9.17, 15) is 9.59 Å². The van der Waals surface area contributed by atoms with E-state index >= 15 is 0 Å². The number of hydrazone groups is 1. The second-order valence-electron chi connectivity index (χ2n) is 6.85. The minimum Gasteiger partial charge on any atom is -0.322 e. The van der Waals surface area contributed by atoms with E-state index in [2.05, 4.69) is 31.2 Å². The average molecular weight is 301 g/mol. The van der Waals surface area contributed by atoms with Crippen molar-refractivity contribution in [3.8, 4) is 0 Å². The van der Waals surface area contributed by atoms with E-state index in [0.717, 1.165) is 10.6 Å². The van der Waals surface area contributed by atoms with E-state index in [0.29, 0.717) is 6.42 Å². The van der Waals surface area contributed by atoms with Crippen molar-refractivity contribution in [3.05, 3.63) is 35.4 Å². The maximum absolute atomic E-state index is 12.2. The first kappa shape index (κ1) is 16.2. The molecule has 0 saturated carbocycles. The number of imide groups is 1. The van der Waals surface area contributed by atoms with Gasteiger partial charge in [-0.25, -0.2) is 4.79 Å². The third-order valence-corrected chi connectivity index (χ3v) is 4.05. The normalized spacial score (nSPS) is 22.5. The molecule has 0 bridgehead atoms. The van der Waals surface area contributed by atoms with E-state index in [4.69, 9.17) is 0 Å². The molecule has 1 N–H and O–H groups in total. The van der Waals surface area contributed by atoms with Gasteiger partial charge in [-0.2, -0.15) is 5.10 Å². The van der Waals surface area contributed by atoms with E-state index in [1.807, 2.05) is 31.2 Å². The molecule has 0 aromatic heterocycles. The maximum atomic E-state index is 12.2. The standard InChI is InChI=1S/C17H23N3O2/c1-6-17(5)14(21)20(15(22)19-17)18-11-12-7-9-13(10-8-12)16(2,3)4/h7-11H,6H2,1-5H3,(H,19,22)/b18-11-/t17-/m0/s1. The molecule has 3 amide bonds. The van der Waals surface area contributed by atoms with E-state index < -0.39 is 11.6 Å². The number of hydrogen-bond acceptors (Lipinski definition) is 3. The fraction of sp³-hybridized carbons (Fsp3) is 0.471. The van der Waals surface area contributed by atoms with Gasteiger partial charge in [-0.3, -0.25) is 4.79 Å². The van der Waals surface area contributed by atoms with Gasteiger partial charge in [0.05, 0.1) is 6.21 Å². The van der Waals surface area contributed by atoms with Crippen LogP contribution in [0, 0.1) is 0 Å². The fourth-order valence-corrected chi connectivity index (χ4v) is 2.21. The lowest BCUT2D eigenvalue weighted by molar-refractivity contribution is -0.130. The minimum atomic E-state index is -0.857. The first-order valence-corrected chi connectivity index (χ1v) is 7.48. The summed E-state index contributed by atoms with van der Waals surface area (Å²) in [7, 11) is 0. The molecular weight excluding hydrogens is 278 g/mol. The molecule has 1 heterocycles. The van der Waals surface area contributed by atoms with Crippen LogP contribution in [0.4, 0.5) is 4.79 Å². The van der Waals surface area contributed by atoms with Crippen molar-refractivity contribution >= 4 is 18.2 Å². The second-order valence-corrected chi connectivity index (χ2v) is 6.85. The van der Waals surface area contributed by atoms with Crippen molar-refractivity contribution in [2.24, 2.45) is 5.10 Å². The second kappa shape index (κ2) is 5.55. The zero-order chi connectivity index (χ0) is 16.5. The average Bonchev–Trinajstić information content (AvgIpc) is 2.67. The Hall–Kier alpha value is -2.17. The highest BCUT2D eigenvalue weighted by Gasteiger charge is 2.46. The van der Waals surface area contributed by atoms with Gasteiger partial charge >= 0.3 is 6.03 Å². The highest BCUT2D eigenvalue weighted by molar-refractivity contribution is 6.07. The predicted octanol–water partition coefficient (Wildman–Crippen LogP) is 3.04. The molecule has 0 radical (unpaired) electrons. The number of nitrogens with one attached hydrogen (secondary N) is 1. The van der Waals surface area contributed by atoms with Gasteiger partial charge in [0.25, 0.3) is 5.91 Å². The molecule has 0 unspecified atom stereocenters. The summed E-state index contributed by atoms with van der Waals surface area (Å²) in [5.74, 6) is -0.317. The van der Waals surface area contributed by atoms with Crippen LogP contribution < -0.4 is 5.32 Å². The number of urea groups is 1. The summed E-state index contributed by atoms with van der Waals surface area (Å²) in [6.07, 6.45) is 2.06. The van der Waals surface area contributed by atoms with Crippen LogP contribution in [0.15, 0.2) is 29.4 Å². The zero-order valence-electron chi connectivity index (χ0n) is 13.8. The summed E-state index contributed by atoms with van der Waals surface area (Å²) < 4.78 is 0. The third kappa shape index (κ3) is 3.03. The van der Waals surface area contributed by atoms with Gasteiger partial charge in [-0.1, -0.05) is 52.0 Å². The smallest absolute Gasteiger partial charge is 0.322 e. The maximum Gasteiger partial charge on any atom is 0.346 e. The Morgan fingerprint density at radius 3 is 2.27 bits per heavy atom. The van der Waals surface area contributed by atoms with Crippen LogP contribution in [0.3, 0.4) is 0 Å². The van der Waals surface area contributed by atoms with Crippen LogP contribution >= 0.6 is 0 Å². The Kier molecular flexibility index (Phi) is 4.09. The van der Waals surface area contributed by atoms with Gasteiger partial charge in [-0.05, 0) is 29.9 Å². The van der Waals surface area contributed by atoms with E-state index in [1.54, 1.807) is 6.92 Å². The van der Waals surface area contributed by atoms with Gasteiger partial charge < -0.3 is 5.32 Å². The molecule has 1 aromatic carbocycles. The number of carbonyl (C=O) groups excluding carboxylic acids is 2. The molecule has 1 aliphatic heterocycles. The van der Waals surface area contributed by atoms with E-state index in [1.165, 1.54) is 11.8 Å². The Bertz CT molecular complexity index is 614. The Balaban J connectivity index is 2.16. The Morgan fingerprint density at radius 1 is 1.23 bits per heavy atom. The van der Waals surface area contributed by atoms with E-state index in [-0.39, 0.29) is 11.3 Å². The summed E-state index contributed by atoms with van der Waals surface area (Å²) in [5.41, 5.74) is 1.30. The first-order valence-electron chi connectivity index (χ1n) is 7.48. The lowest BCUT2D eigenvalue weighted by Gasteiger charge is -2.18. The molecule has 0 aliphatic carbocycles. The van der Waals surface area contributed by atoms with Gasteiger partial charge in [0.1, 0.15) is 5.54 Å². The SMILES string of the molecule is CC[C@]1(C)NC(=O)N(/N=C\c2ccc(C(C)(C)C)cc2)C1=O. The number of amides is 3. The number of rotatable bonds is 3. The van der Waals surface area contributed by atoms with Crippen LogP contribution in [-0.4, -0.2) is 28.7 Å². The summed E-state index contributed by atoms with van der Waals surface area (Å²) in [6, 6.07) is 7.45. The highest BCUT2D eigenvalue weighted by Crippen LogP contribution is 2.23. The number of hydrogen-bond donors (Lipinski definition) is 1. The van der Waals surface area contributed by atoms with Crippen molar-refractivity contribution in [1.82, 2.24) is 10.3 Å². The Morgan fingerprint density at radius 2 is 1.82 bits per heavy atom. The molecule has 118 valence electrons. The molecule has 5 heteroatoms. The van der Waals surface area contributed by atoms with Crippen molar-refractivity contribution in [2.75, 3.05) is 0 Å². The Labute approximate surface area is 131 Å². The molecule has 5 nitrogen and oxygen atoms in total. The first-order chi connectivity index (χ1) is 10.2. The fourth-order valence-electron chi connectivity index (χ4n) is 2.21. The molecular formula is C17H23N3O2. The number of carbonyl (C=O) groups is 2. The molecule has 1 fully saturated rings. The van der Waals surface area contributed by atoms with Crippen molar-refractivity contribution in [2.45, 2.75) is 52.0 Å². The van der Waals surface area contributed by atoms with Gasteiger partial charge in [-0.15, -0.1) is 5.01 Å². The van der Waals surface area contributed by atoms with Gasteiger partial charge in [0.15, 0.2) is 0 Å². The summed E-state index contributed by atoms with van der Waals surface area (Å²) in [6.45, 7) is 10.0. The van der Waals surface area contributed by atoms with Crippen LogP contribution in [0.2, 0.25) is 0 Å². The lowest BCUT2D eigenvalue weighted by Crippen LogP contribution is -2.42. The molecule has 0 spiro atoms. The molecule has 2 rings (SSSR count). The van der Waals surface area contributed by atoms with Gasteiger partial charge in [0.2, 0.25) is 0 Å². The van der Waals surface area contributed by atoms with Crippen LogP contribution in [-0.2, 0) is 10.2 Å². The summed E-state index contributed by atoms with van der Waals surface area (Å²) >= 11 is 0. The summed E-state index contributed by atoms with van der Waals surface area (Å²) in [4.78, 5) is 24.1. The van der Waals surface area contributed by atoms with Crippen molar-refractivity contribution < 1.29 is 9.59 Å². The van der Waals surface area contributed by atoms with Crippen LogP contribution in [0.1, 0.15) is 52.2 Å². The van der Waals surface area contributed by atoms with Crippen LogP contribution in [0.25, 0.3) is 0 Å². The summed E-state index contributed by atoms with van der Waals surface area (Å²) in [5, 5.41) is 7.61. The topological polar surface area (TPSA) is 61.8 Å². The zero-order valence-corrected chi connectivity index (χ0v) is 13.8. The predicted molar refractivity (Wildman–Crippen MR) is 86.8 cm³/mol. The monoisotopic (exact) mass is 301 g/mol. The molecule has 22 heavy (non-hydrogen) atoms. The van der Waals surface area contributed by atoms with Crippen LogP contribution in [0.5, 0.6) is 0 Å². The van der Waals surface area contributed by atoms with Gasteiger partial charge in [0, 0.05) is 0 Å². The molecule has 1 aromatic rings. The largest absolute Gasteiger partial charge is 0.346 e. The molecule has 1 aliphatic rings. The quantitative estimate of drug-likeness (QED) is 0.689. The molecule has 1 saturated heterocycles. The highest BCUT2D eigenvalue weighted by atomic mass is 16.2. The number of benzene rings is 1.